The Bertz CT molecular complexity index is 453. The lowest BCUT2D eigenvalue weighted by Crippen LogP contribution is -2.27. The van der Waals surface area contributed by atoms with Crippen molar-refractivity contribution in [1.82, 2.24) is 0 Å². The molecular formula is C14H15NO3. The van der Waals surface area contributed by atoms with Gasteiger partial charge in [0.05, 0.1) is 23.7 Å². The van der Waals surface area contributed by atoms with Crippen LogP contribution in [0.3, 0.4) is 0 Å². The summed E-state index contributed by atoms with van der Waals surface area (Å²) in [4.78, 5) is 11.9. The monoisotopic (exact) mass is 245 g/mol. The molecule has 2 rings (SSSR count). The van der Waals surface area contributed by atoms with E-state index in [9.17, 15) is 9.90 Å². The third-order valence-corrected chi connectivity index (χ3v) is 3.23. The van der Waals surface area contributed by atoms with Gasteiger partial charge in [0.1, 0.15) is 5.75 Å². The largest absolute Gasteiger partial charge is 0.426 e. The first kappa shape index (κ1) is 12.6. The number of aliphatic hydroxyl groups is 1. The van der Waals surface area contributed by atoms with Crippen molar-refractivity contribution in [3.05, 3.63) is 29.8 Å². The number of esters is 1. The highest BCUT2D eigenvalue weighted by Crippen LogP contribution is 2.26. The smallest absolute Gasteiger partial charge is 0.314 e. The topological polar surface area (TPSA) is 70.3 Å². The molecule has 0 spiro atoms. The molecule has 18 heavy (non-hydrogen) atoms. The molecule has 1 aromatic carbocycles. The molecule has 1 aromatic rings. The molecule has 1 saturated carbocycles. The number of ether oxygens (including phenoxy) is 1. The Morgan fingerprint density at radius 3 is 2.39 bits per heavy atom. The molecular weight excluding hydrogens is 230 g/mol. The minimum Gasteiger partial charge on any atom is -0.426 e. The van der Waals surface area contributed by atoms with Gasteiger partial charge in [0, 0.05) is 0 Å². The fourth-order valence-corrected chi connectivity index (χ4v) is 2.11. The SMILES string of the molecule is N#Cc1ccc(OC(=O)C2CCC(O)CC2)cc1. The Hall–Kier alpha value is -1.86. The van der Waals surface area contributed by atoms with Crippen LogP contribution in [-0.2, 0) is 4.79 Å². The quantitative estimate of drug-likeness (QED) is 0.639. The number of nitriles is 1. The average molecular weight is 245 g/mol. The predicted molar refractivity (Wildman–Crippen MR) is 64.8 cm³/mol. The Labute approximate surface area is 106 Å². The van der Waals surface area contributed by atoms with Gasteiger partial charge < -0.3 is 9.84 Å². The van der Waals surface area contributed by atoms with Crippen LogP contribution in [0.15, 0.2) is 24.3 Å². The number of nitrogens with zero attached hydrogens (tertiary/aromatic N) is 1. The van der Waals surface area contributed by atoms with E-state index >= 15 is 0 Å². The molecule has 4 heteroatoms. The summed E-state index contributed by atoms with van der Waals surface area (Å²) >= 11 is 0. The number of rotatable bonds is 2. The summed E-state index contributed by atoms with van der Waals surface area (Å²) in [6, 6.07) is 8.48. The number of hydrogen-bond donors (Lipinski definition) is 1. The van der Waals surface area contributed by atoms with E-state index in [-0.39, 0.29) is 18.0 Å². The number of carbonyl (C=O) groups excluding carboxylic acids is 1. The summed E-state index contributed by atoms with van der Waals surface area (Å²) in [5.41, 5.74) is 0.538. The molecule has 0 heterocycles. The van der Waals surface area contributed by atoms with Crippen molar-refractivity contribution in [2.45, 2.75) is 31.8 Å². The number of hydrogen-bond acceptors (Lipinski definition) is 4. The van der Waals surface area contributed by atoms with Gasteiger partial charge in [0.2, 0.25) is 0 Å². The second-order valence-corrected chi connectivity index (χ2v) is 4.56. The van der Waals surface area contributed by atoms with E-state index in [0.29, 0.717) is 37.0 Å². The minimum atomic E-state index is -0.274. The maximum absolute atomic E-state index is 11.9. The van der Waals surface area contributed by atoms with Crippen LogP contribution in [0, 0.1) is 17.2 Å². The highest BCUT2D eigenvalue weighted by Gasteiger charge is 2.26. The van der Waals surface area contributed by atoms with Gasteiger partial charge >= 0.3 is 5.97 Å². The van der Waals surface area contributed by atoms with Crippen LogP contribution in [0.5, 0.6) is 5.75 Å². The van der Waals surface area contributed by atoms with Crippen LogP contribution in [0.1, 0.15) is 31.2 Å². The minimum absolute atomic E-state index is 0.121. The third kappa shape index (κ3) is 3.08. The standard InChI is InChI=1S/C14H15NO3/c15-9-10-1-7-13(8-2-10)18-14(17)11-3-5-12(16)6-4-11/h1-2,7-8,11-12,16H,3-6H2. The van der Waals surface area contributed by atoms with Crippen molar-refractivity contribution in [1.29, 1.82) is 5.26 Å². The molecule has 0 saturated heterocycles. The summed E-state index contributed by atoms with van der Waals surface area (Å²) in [5, 5.41) is 18.0. The first-order valence-electron chi connectivity index (χ1n) is 6.09. The normalized spacial score (nSPS) is 23.1. The highest BCUT2D eigenvalue weighted by molar-refractivity contribution is 5.75. The molecule has 0 aliphatic heterocycles. The lowest BCUT2D eigenvalue weighted by atomic mass is 9.87. The molecule has 1 aliphatic carbocycles. The molecule has 4 nitrogen and oxygen atoms in total. The van der Waals surface area contributed by atoms with Crippen LogP contribution in [-0.4, -0.2) is 17.2 Å². The summed E-state index contributed by atoms with van der Waals surface area (Å²) in [7, 11) is 0. The van der Waals surface area contributed by atoms with Crippen molar-refractivity contribution in [3.8, 4) is 11.8 Å². The number of carbonyl (C=O) groups is 1. The Morgan fingerprint density at radius 2 is 1.83 bits per heavy atom. The van der Waals surface area contributed by atoms with Crippen molar-refractivity contribution < 1.29 is 14.6 Å². The number of benzene rings is 1. The zero-order valence-corrected chi connectivity index (χ0v) is 10.0. The lowest BCUT2D eigenvalue weighted by Gasteiger charge is -2.23. The van der Waals surface area contributed by atoms with Crippen molar-refractivity contribution in [2.75, 3.05) is 0 Å². The first-order valence-corrected chi connectivity index (χ1v) is 6.09. The average Bonchev–Trinajstić information content (AvgIpc) is 2.40. The summed E-state index contributed by atoms with van der Waals surface area (Å²) < 4.78 is 5.26. The second-order valence-electron chi connectivity index (χ2n) is 4.56. The maximum atomic E-state index is 11.9. The fourth-order valence-electron chi connectivity index (χ4n) is 2.11. The Balaban J connectivity index is 1.92. The fraction of sp³-hybridized carbons (Fsp3) is 0.429. The van der Waals surface area contributed by atoms with E-state index in [1.165, 1.54) is 0 Å². The Kier molecular flexibility index (Phi) is 3.96. The van der Waals surface area contributed by atoms with E-state index in [1.54, 1.807) is 24.3 Å². The zero-order chi connectivity index (χ0) is 13.0. The molecule has 1 fully saturated rings. The van der Waals surface area contributed by atoms with Crippen molar-refractivity contribution >= 4 is 5.97 Å². The van der Waals surface area contributed by atoms with Crippen molar-refractivity contribution in [2.24, 2.45) is 5.92 Å². The van der Waals surface area contributed by atoms with Gasteiger partial charge in [-0.15, -0.1) is 0 Å². The molecule has 0 unspecified atom stereocenters. The van der Waals surface area contributed by atoms with Crippen LogP contribution in [0.2, 0.25) is 0 Å². The maximum Gasteiger partial charge on any atom is 0.314 e. The van der Waals surface area contributed by atoms with E-state index < -0.39 is 0 Å². The second kappa shape index (κ2) is 5.65. The third-order valence-electron chi connectivity index (χ3n) is 3.23. The molecule has 0 atom stereocenters. The Morgan fingerprint density at radius 1 is 1.22 bits per heavy atom. The van der Waals surface area contributed by atoms with Crippen LogP contribution in [0.25, 0.3) is 0 Å². The van der Waals surface area contributed by atoms with Crippen LogP contribution >= 0.6 is 0 Å². The molecule has 0 bridgehead atoms. The van der Waals surface area contributed by atoms with Gasteiger partial charge in [-0.2, -0.15) is 5.26 Å². The molecule has 1 aliphatic rings. The first-order chi connectivity index (χ1) is 8.69. The van der Waals surface area contributed by atoms with Crippen molar-refractivity contribution in [3.63, 3.8) is 0 Å². The molecule has 1 N–H and O–H groups in total. The van der Waals surface area contributed by atoms with Gasteiger partial charge in [-0.05, 0) is 49.9 Å². The van der Waals surface area contributed by atoms with Gasteiger partial charge in [0.25, 0.3) is 0 Å². The lowest BCUT2D eigenvalue weighted by molar-refractivity contribution is -0.140. The highest BCUT2D eigenvalue weighted by atomic mass is 16.5. The molecule has 0 aromatic heterocycles. The van der Waals surface area contributed by atoms with E-state index in [1.807, 2.05) is 6.07 Å². The van der Waals surface area contributed by atoms with E-state index in [2.05, 4.69) is 0 Å². The van der Waals surface area contributed by atoms with Gasteiger partial charge in [-0.1, -0.05) is 0 Å². The van der Waals surface area contributed by atoms with Gasteiger partial charge in [-0.3, -0.25) is 4.79 Å². The molecule has 0 amide bonds. The predicted octanol–water partition coefficient (Wildman–Crippen LogP) is 2.01. The summed E-state index contributed by atoms with van der Waals surface area (Å²) in [6.45, 7) is 0. The zero-order valence-electron chi connectivity index (χ0n) is 10.0. The van der Waals surface area contributed by atoms with Crippen LogP contribution in [0.4, 0.5) is 0 Å². The molecule has 0 radical (unpaired) electrons. The summed E-state index contributed by atoms with van der Waals surface area (Å²) in [5.74, 6) is 0.0979. The van der Waals surface area contributed by atoms with Gasteiger partial charge in [-0.25, -0.2) is 0 Å². The molecule has 94 valence electrons. The van der Waals surface area contributed by atoms with E-state index in [0.717, 1.165) is 0 Å². The van der Waals surface area contributed by atoms with Crippen LogP contribution < -0.4 is 4.74 Å². The number of aliphatic hydroxyl groups excluding tert-OH is 1. The van der Waals surface area contributed by atoms with E-state index in [4.69, 9.17) is 10.00 Å². The van der Waals surface area contributed by atoms with Gasteiger partial charge in [0.15, 0.2) is 0 Å². The summed E-state index contributed by atoms with van der Waals surface area (Å²) in [6.07, 6.45) is 2.40.